The number of rotatable bonds is 4. The number of nitro benzene ring substituents is 1. The molecule has 0 radical (unpaired) electrons. The Hall–Kier alpha value is -1.47. The van der Waals surface area contributed by atoms with Crippen molar-refractivity contribution < 1.29 is 14.5 Å². The topological polar surface area (TPSA) is 81.5 Å². The van der Waals surface area contributed by atoms with E-state index in [1.54, 1.807) is 13.0 Å². The summed E-state index contributed by atoms with van der Waals surface area (Å²) in [5, 5.41) is 13.3. The molecule has 0 saturated heterocycles. The number of nitro groups is 1. The molecule has 1 aromatic rings. The molecule has 0 saturated carbocycles. The van der Waals surface area contributed by atoms with Crippen molar-refractivity contribution in [2.24, 2.45) is 0 Å². The van der Waals surface area contributed by atoms with Gasteiger partial charge in [-0.1, -0.05) is 0 Å². The number of amides is 1. The molecule has 0 aromatic heterocycles. The number of benzene rings is 1. The van der Waals surface area contributed by atoms with Crippen LogP contribution in [0.25, 0.3) is 0 Å². The fourth-order valence-electron chi connectivity index (χ4n) is 1.27. The Balaban J connectivity index is 3.03. The normalized spacial score (nSPS) is 10.1. The van der Waals surface area contributed by atoms with Gasteiger partial charge in [0.15, 0.2) is 0 Å². The van der Waals surface area contributed by atoms with Crippen LogP contribution in [0.1, 0.15) is 5.56 Å². The summed E-state index contributed by atoms with van der Waals surface area (Å²) in [5.74, 6) is -0.369. The molecule has 1 rings (SSSR count). The van der Waals surface area contributed by atoms with Crippen molar-refractivity contribution in [1.29, 1.82) is 0 Å². The first kappa shape index (κ1) is 13.6. The SMILES string of the molecule is COCC(=O)Nc1cc([N+](=O)[O-])c(C)cc1Br. The van der Waals surface area contributed by atoms with E-state index in [9.17, 15) is 14.9 Å². The summed E-state index contributed by atoms with van der Waals surface area (Å²) in [6.07, 6.45) is 0. The summed E-state index contributed by atoms with van der Waals surface area (Å²) in [4.78, 5) is 21.6. The molecule has 6 nitrogen and oxygen atoms in total. The average Bonchev–Trinajstić information content (AvgIpc) is 2.21. The van der Waals surface area contributed by atoms with Gasteiger partial charge in [0.25, 0.3) is 5.69 Å². The van der Waals surface area contributed by atoms with E-state index in [2.05, 4.69) is 26.0 Å². The van der Waals surface area contributed by atoms with Crippen LogP contribution in [0.3, 0.4) is 0 Å². The monoisotopic (exact) mass is 302 g/mol. The molecule has 1 N–H and O–H groups in total. The fraction of sp³-hybridized carbons (Fsp3) is 0.300. The largest absolute Gasteiger partial charge is 0.375 e. The second kappa shape index (κ2) is 5.74. The van der Waals surface area contributed by atoms with E-state index >= 15 is 0 Å². The number of aryl methyl sites for hydroxylation is 1. The van der Waals surface area contributed by atoms with Gasteiger partial charge in [-0.2, -0.15) is 0 Å². The van der Waals surface area contributed by atoms with Crippen molar-refractivity contribution in [1.82, 2.24) is 0 Å². The molecule has 0 unspecified atom stereocenters. The van der Waals surface area contributed by atoms with Gasteiger partial charge in [-0.05, 0) is 28.9 Å². The standard InChI is InChI=1S/C10H11BrN2O4/c1-6-3-7(11)8(4-9(6)13(15)16)12-10(14)5-17-2/h3-4H,5H2,1-2H3,(H,12,14). The lowest BCUT2D eigenvalue weighted by Gasteiger charge is -2.08. The van der Waals surface area contributed by atoms with Crippen molar-refractivity contribution in [2.45, 2.75) is 6.92 Å². The summed E-state index contributed by atoms with van der Waals surface area (Å²) < 4.78 is 5.24. The molecular weight excluding hydrogens is 292 g/mol. The molecule has 0 atom stereocenters. The number of ether oxygens (including phenoxy) is 1. The van der Waals surface area contributed by atoms with Gasteiger partial charge in [0.1, 0.15) is 6.61 Å². The Morgan fingerprint density at radius 1 is 1.59 bits per heavy atom. The third kappa shape index (κ3) is 3.50. The molecule has 0 spiro atoms. The van der Waals surface area contributed by atoms with Crippen molar-refractivity contribution in [3.63, 3.8) is 0 Å². The predicted octanol–water partition coefficient (Wildman–Crippen LogP) is 2.25. The lowest BCUT2D eigenvalue weighted by molar-refractivity contribution is -0.385. The molecule has 1 aromatic carbocycles. The predicted molar refractivity (Wildman–Crippen MR) is 66.0 cm³/mol. The molecule has 0 aliphatic carbocycles. The van der Waals surface area contributed by atoms with Crippen molar-refractivity contribution in [2.75, 3.05) is 19.0 Å². The van der Waals surface area contributed by atoms with E-state index in [0.29, 0.717) is 15.7 Å². The zero-order chi connectivity index (χ0) is 13.0. The maximum atomic E-state index is 11.3. The fourth-order valence-corrected chi connectivity index (χ4v) is 1.83. The maximum absolute atomic E-state index is 11.3. The van der Waals surface area contributed by atoms with Crippen molar-refractivity contribution in [3.05, 3.63) is 32.3 Å². The van der Waals surface area contributed by atoms with E-state index < -0.39 is 4.92 Å². The van der Waals surface area contributed by atoms with Crippen LogP contribution in [0.2, 0.25) is 0 Å². The van der Waals surface area contributed by atoms with Crippen LogP contribution in [-0.2, 0) is 9.53 Å². The van der Waals surface area contributed by atoms with Gasteiger partial charge in [0, 0.05) is 23.2 Å². The first-order valence-electron chi connectivity index (χ1n) is 4.69. The zero-order valence-corrected chi connectivity index (χ0v) is 10.9. The first-order chi connectivity index (χ1) is 7.95. The summed E-state index contributed by atoms with van der Waals surface area (Å²) in [5.41, 5.74) is 0.830. The molecule has 0 aliphatic heterocycles. The minimum Gasteiger partial charge on any atom is -0.375 e. The minimum absolute atomic E-state index is 0.0408. The molecule has 7 heteroatoms. The Morgan fingerprint density at radius 3 is 2.76 bits per heavy atom. The Morgan fingerprint density at radius 2 is 2.24 bits per heavy atom. The van der Waals surface area contributed by atoms with Crippen LogP contribution in [0.15, 0.2) is 16.6 Å². The molecule has 17 heavy (non-hydrogen) atoms. The number of hydrogen-bond acceptors (Lipinski definition) is 4. The second-order valence-corrected chi connectivity index (χ2v) is 4.21. The first-order valence-corrected chi connectivity index (χ1v) is 5.48. The lowest BCUT2D eigenvalue weighted by Crippen LogP contribution is -2.17. The quantitative estimate of drug-likeness (QED) is 0.683. The lowest BCUT2D eigenvalue weighted by atomic mass is 10.2. The number of carbonyl (C=O) groups excluding carboxylic acids is 1. The third-order valence-electron chi connectivity index (χ3n) is 2.03. The highest BCUT2D eigenvalue weighted by Crippen LogP contribution is 2.30. The van der Waals surface area contributed by atoms with Gasteiger partial charge in [-0.3, -0.25) is 14.9 Å². The molecular formula is C10H11BrN2O4. The molecule has 0 heterocycles. The van der Waals surface area contributed by atoms with Crippen LogP contribution in [0, 0.1) is 17.0 Å². The summed E-state index contributed by atoms with van der Waals surface area (Å²) in [7, 11) is 1.40. The highest BCUT2D eigenvalue weighted by Gasteiger charge is 2.15. The van der Waals surface area contributed by atoms with Crippen LogP contribution in [0.5, 0.6) is 0 Å². The summed E-state index contributed by atoms with van der Waals surface area (Å²) in [6.45, 7) is 1.53. The molecule has 0 aliphatic rings. The Labute approximate surface area is 106 Å². The number of halogens is 1. The van der Waals surface area contributed by atoms with Gasteiger partial charge in [0.2, 0.25) is 5.91 Å². The van der Waals surface area contributed by atoms with Crippen molar-refractivity contribution in [3.8, 4) is 0 Å². The van der Waals surface area contributed by atoms with Gasteiger partial charge < -0.3 is 10.1 Å². The van der Waals surface area contributed by atoms with E-state index in [1.165, 1.54) is 13.2 Å². The van der Waals surface area contributed by atoms with Gasteiger partial charge >= 0.3 is 0 Å². The number of nitrogens with zero attached hydrogens (tertiary/aromatic N) is 1. The van der Waals surface area contributed by atoms with Crippen molar-refractivity contribution >= 4 is 33.2 Å². The highest BCUT2D eigenvalue weighted by molar-refractivity contribution is 9.10. The van der Waals surface area contributed by atoms with Crippen LogP contribution in [0.4, 0.5) is 11.4 Å². The van der Waals surface area contributed by atoms with E-state index in [1.807, 2.05) is 0 Å². The summed E-state index contributed by atoms with van der Waals surface area (Å²) in [6, 6.07) is 2.90. The molecule has 92 valence electrons. The van der Waals surface area contributed by atoms with E-state index in [-0.39, 0.29) is 18.2 Å². The second-order valence-electron chi connectivity index (χ2n) is 3.36. The highest BCUT2D eigenvalue weighted by atomic mass is 79.9. The van der Waals surface area contributed by atoms with Gasteiger partial charge in [0.05, 0.1) is 10.6 Å². The molecule has 0 fully saturated rings. The minimum atomic E-state index is -0.492. The van der Waals surface area contributed by atoms with E-state index in [0.717, 1.165) is 0 Å². The number of nitrogens with one attached hydrogen (secondary N) is 1. The zero-order valence-electron chi connectivity index (χ0n) is 9.32. The number of hydrogen-bond donors (Lipinski definition) is 1. The third-order valence-corrected chi connectivity index (χ3v) is 2.69. The Bertz CT molecular complexity index is 462. The number of methoxy groups -OCH3 is 1. The molecule has 1 amide bonds. The number of carbonyl (C=O) groups is 1. The summed E-state index contributed by atoms with van der Waals surface area (Å²) >= 11 is 3.23. The Kier molecular flexibility index (Phi) is 4.59. The molecule has 0 bridgehead atoms. The maximum Gasteiger partial charge on any atom is 0.274 e. The van der Waals surface area contributed by atoms with Crippen LogP contribution < -0.4 is 5.32 Å². The number of anilines is 1. The smallest absolute Gasteiger partial charge is 0.274 e. The van der Waals surface area contributed by atoms with Gasteiger partial charge in [-0.15, -0.1) is 0 Å². The van der Waals surface area contributed by atoms with Crippen LogP contribution in [-0.4, -0.2) is 24.5 Å². The van der Waals surface area contributed by atoms with E-state index in [4.69, 9.17) is 0 Å². The van der Waals surface area contributed by atoms with Crippen LogP contribution >= 0.6 is 15.9 Å². The average molecular weight is 303 g/mol. The van der Waals surface area contributed by atoms with Gasteiger partial charge in [-0.25, -0.2) is 0 Å².